The summed E-state index contributed by atoms with van der Waals surface area (Å²) in [6.07, 6.45) is 4.92. The van der Waals surface area contributed by atoms with Gasteiger partial charge in [-0.05, 0) is 61.6 Å². The van der Waals surface area contributed by atoms with Crippen LogP contribution in [0.2, 0.25) is 0 Å². The molecular formula is C20H29BN2O5. The SMILES string of the molecule is CC[C@@H]1C[C@H](CC(=O)N[C@H]2Cc3cccc(C(=O)O)c3OB2O)CC[C@H]1CN. The molecule has 0 aromatic heterocycles. The highest BCUT2D eigenvalue weighted by molar-refractivity contribution is 6.47. The zero-order chi connectivity index (χ0) is 20.3. The summed E-state index contributed by atoms with van der Waals surface area (Å²) < 4.78 is 5.44. The van der Waals surface area contributed by atoms with E-state index in [4.69, 9.17) is 10.4 Å². The van der Waals surface area contributed by atoms with Gasteiger partial charge in [-0.3, -0.25) is 4.79 Å². The number of hydrogen-bond donors (Lipinski definition) is 4. The summed E-state index contributed by atoms with van der Waals surface area (Å²) in [6, 6.07) is 4.84. The first-order valence-corrected chi connectivity index (χ1v) is 10.1. The van der Waals surface area contributed by atoms with E-state index in [0.29, 0.717) is 42.7 Å². The van der Waals surface area contributed by atoms with Gasteiger partial charge in [0.25, 0.3) is 0 Å². The summed E-state index contributed by atoms with van der Waals surface area (Å²) in [6.45, 7) is 2.88. The molecule has 1 heterocycles. The number of carbonyl (C=O) groups is 2. The van der Waals surface area contributed by atoms with Gasteiger partial charge in [0.1, 0.15) is 5.75 Å². The third-order valence-electron chi connectivity index (χ3n) is 6.25. The number of carboxylic acids is 1. The first-order valence-electron chi connectivity index (χ1n) is 10.1. The fourth-order valence-corrected chi connectivity index (χ4v) is 4.66. The molecule has 1 aliphatic heterocycles. The predicted molar refractivity (Wildman–Crippen MR) is 106 cm³/mol. The fraction of sp³-hybridized carbons (Fsp3) is 0.600. The van der Waals surface area contributed by atoms with E-state index in [1.54, 1.807) is 12.1 Å². The fourth-order valence-electron chi connectivity index (χ4n) is 4.66. The smallest absolute Gasteiger partial charge is 0.534 e. The standard InChI is InChI=1S/C20H29BN2O5/c1-2-13-8-12(6-7-15(13)11-22)9-18(24)23-17-10-14-4-3-5-16(20(25)26)19(14)28-21(17)27/h3-5,12-13,15,17,27H,2,6-11,22H2,1H3,(H,23,24)(H,25,26)/t12-,13-,15+,17+/m1/s1. The Hall–Kier alpha value is -2.06. The van der Waals surface area contributed by atoms with E-state index in [0.717, 1.165) is 25.7 Å². The van der Waals surface area contributed by atoms with Gasteiger partial charge in [0.05, 0.1) is 11.5 Å². The Morgan fingerprint density at radius 2 is 2.11 bits per heavy atom. The average Bonchev–Trinajstić information content (AvgIpc) is 2.67. The Labute approximate surface area is 165 Å². The van der Waals surface area contributed by atoms with E-state index >= 15 is 0 Å². The van der Waals surface area contributed by atoms with Crippen LogP contribution in [0.15, 0.2) is 18.2 Å². The van der Waals surface area contributed by atoms with Crippen molar-refractivity contribution in [3.05, 3.63) is 29.3 Å². The summed E-state index contributed by atoms with van der Waals surface area (Å²) in [7, 11) is -1.27. The van der Waals surface area contributed by atoms with Crippen molar-refractivity contribution in [3.8, 4) is 5.75 Å². The number of rotatable bonds is 6. The van der Waals surface area contributed by atoms with Gasteiger partial charge in [-0.15, -0.1) is 0 Å². The summed E-state index contributed by atoms with van der Waals surface area (Å²) >= 11 is 0. The molecule has 1 aromatic rings. The number of hydrogen-bond acceptors (Lipinski definition) is 5. The highest BCUT2D eigenvalue weighted by Crippen LogP contribution is 2.37. The second-order valence-electron chi connectivity index (χ2n) is 8.03. The maximum atomic E-state index is 12.6. The Bertz CT molecular complexity index is 729. The van der Waals surface area contributed by atoms with Crippen LogP contribution in [0.3, 0.4) is 0 Å². The van der Waals surface area contributed by atoms with Crippen molar-refractivity contribution in [2.24, 2.45) is 23.5 Å². The van der Waals surface area contributed by atoms with Crippen molar-refractivity contribution in [1.29, 1.82) is 0 Å². The van der Waals surface area contributed by atoms with Crippen molar-refractivity contribution in [2.75, 3.05) is 6.54 Å². The van der Waals surface area contributed by atoms with E-state index in [9.17, 15) is 19.7 Å². The Kier molecular flexibility index (Phi) is 6.62. The molecule has 2 aliphatic rings. The molecule has 1 aliphatic carbocycles. The molecule has 0 bridgehead atoms. The second-order valence-corrected chi connectivity index (χ2v) is 8.03. The quantitative estimate of drug-likeness (QED) is 0.550. The maximum Gasteiger partial charge on any atom is 0.547 e. The van der Waals surface area contributed by atoms with E-state index < -0.39 is 19.0 Å². The number of carboxylic acid groups (broad SMARTS) is 1. The molecule has 8 heteroatoms. The Balaban J connectivity index is 1.59. The van der Waals surface area contributed by atoms with Gasteiger partial charge in [-0.25, -0.2) is 4.79 Å². The van der Waals surface area contributed by atoms with Crippen LogP contribution in [0.5, 0.6) is 5.75 Å². The predicted octanol–water partition coefficient (Wildman–Crippen LogP) is 1.62. The molecule has 1 aromatic carbocycles. The van der Waals surface area contributed by atoms with Crippen LogP contribution in [-0.2, 0) is 11.2 Å². The highest BCUT2D eigenvalue weighted by atomic mass is 16.5. The first-order chi connectivity index (χ1) is 13.4. The average molecular weight is 388 g/mol. The van der Waals surface area contributed by atoms with Gasteiger partial charge in [0.15, 0.2) is 0 Å². The van der Waals surface area contributed by atoms with Gasteiger partial charge >= 0.3 is 13.1 Å². The van der Waals surface area contributed by atoms with Crippen LogP contribution >= 0.6 is 0 Å². The zero-order valence-corrected chi connectivity index (χ0v) is 16.3. The molecule has 0 unspecified atom stereocenters. The van der Waals surface area contributed by atoms with Crippen molar-refractivity contribution < 1.29 is 24.4 Å². The second kappa shape index (κ2) is 8.96. The number of aromatic carboxylic acids is 1. The van der Waals surface area contributed by atoms with Gasteiger partial charge in [0.2, 0.25) is 5.91 Å². The van der Waals surface area contributed by atoms with Crippen molar-refractivity contribution in [1.82, 2.24) is 5.32 Å². The number of fused-ring (bicyclic) bond motifs is 1. The summed E-state index contributed by atoms with van der Waals surface area (Å²) in [4.78, 5) is 23.9. The normalized spacial score (nSPS) is 26.9. The molecule has 0 saturated heterocycles. The van der Waals surface area contributed by atoms with Crippen LogP contribution in [0.25, 0.3) is 0 Å². The van der Waals surface area contributed by atoms with Crippen molar-refractivity contribution >= 4 is 19.0 Å². The summed E-state index contributed by atoms with van der Waals surface area (Å²) in [5, 5.41) is 22.4. The molecule has 7 nitrogen and oxygen atoms in total. The van der Waals surface area contributed by atoms with Crippen LogP contribution < -0.4 is 15.7 Å². The monoisotopic (exact) mass is 388 g/mol. The third kappa shape index (κ3) is 4.50. The minimum absolute atomic E-state index is 0.0172. The number of benzene rings is 1. The molecule has 152 valence electrons. The lowest BCUT2D eigenvalue weighted by Gasteiger charge is -2.35. The van der Waals surface area contributed by atoms with E-state index in [-0.39, 0.29) is 17.2 Å². The number of nitrogens with two attached hydrogens (primary N) is 1. The highest BCUT2D eigenvalue weighted by Gasteiger charge is 2.38. The number of para-hydroxylation sites is 1. The lowest BCUT2D eigenvalue weighted by molar-refractivity contribution is -0.122. The van der Waals surface area contributed by atoms with E-state index in [2.05, 4.69) is 12.2 Å². The lowest BCUT2D eigenvalue weighted by Crippen LogP contribution is -2.53. The van der Waals surface area contributed by atoms with Crippen LogP contribution in [0.1, 0.15) is 54.9 Å². The van der Waals surface area contributed by atoms with Crippen LogP contribution in [-0.4, -0.2) is 41.6 Å². The molecular weight excluding hydrogens is 359 g/mol. The Morgan fingerprint density at radius 3 is 2.79 bits per heavy atom. The molecule has 3 rings (SSSR count). The van der Waals surface area contributed by atoms with Crippen LogP contribution in [0, 0.1) is 17.8 Å². The van der Waals surface area contributed by atoms with Gasteiger partial charge in [0, 0.05) is 6.42 Å². The lowest BCUT2D eigenvalue weighted by atomic mass is 9.71. The molecule has 1 amide bonds. The number of nitrogens with one attached hydrogen (secondary N) is 1. The topological polar surface area (TPSA) is 122 Å². The van der Waals surface area contributed by atoms with Crippen molar-refractivity contribution in [3.63, 3.8) is 0 Å². The summed E-state index contributed by atoms with van der Waals surface area (Å²) in [5.74, 6) is -0.161. The van der Waals surface area contributed by atoms with Crippen molar-refractivity contribution in [2.45, 2.75) is 51.4 Å². The first kappa shape index (κ1) is 20.7. The molecule has 0 spiro atoms. The summed E-state index contributed by atoms with van der Waals surface area (Å²) in [5.41, 5.74) is 6.55. The number of carbonyl (C=O) groups excluding carboxylic acids is 1. The Morgan fingerprint density at radius 1 is 1.32 bits per heavy atom. The molecule has 28 heavy (non-hydrogen) atoms. The van der Waals surface area contributed by atoms with E-state index in [1.807, 2.05) is 0 Å². The van der Waals surface area contributed by atoms with Gasteiger partial charge in [-0.2, -0.15) is 0 Å². The minimum Gasteiger partial charge on any atom is -0.534 e. The molecule has 4 atom stereocenters. The molecule has 1 fully saturated rings. The van der Waals surface area contributed by atoms with Gasteiger partial charge in [-0.1, -0.05) is 25.5 Å². The minimum atomic E-state index is -1.27. The number of amides is 1. The maximum absolute atomic E-state index is 12.6. The zero-order valence-electron chi connectivity index (χ0n) is 16.3. The third-order valence-corrected chi connectivity index (χ3v) is 6.25. The molecule has 1 saturated carbocycles. The molecule has 0 radical (unpaired) electrons. The van der Waals surface area contributed by atoms with Crippen LogP contribution in [0.4, 0.5) is 0 Å². The van der Waals surface area contributed by atoms with Gasteiger partial charge < -0.3 is 25.8 Å². The largest absolute Gasteiger partial charge is 0.547 e. The van der Waals surface area contributed by atoms with E-state index in [1.165, 1.54) is 6.07 Å². The molecule has 5 N–H and O–H groups in total.